The molecule has 3 rings (SSSR count). The van der Waals surface area contributed by atoms with Gasteiger partial charge in [-0.15, -0.1) is 0 Å². The molecule has 3 saturated heterocycles. The molecule has 0 spiro atoms. The highest BCUT2D eigenvalue weighted by atomic mass is 31.2. The average molecular weight is 584 g/mol. The predicted octanol–water partition coefficient (Wildman–Crippen LogP) is -7.46. The summed E-state index contributed by atoms with van der Waals surface area (Å²) in [4.78, 5) is 0. The van der Waals surface area contributed by atoms with E-state index in [4.69, 9.17) is 27.8 Å². The zero-order chi connectivity index (χ0) is 28.5. The fourth-order valence-electron chi connectivity index (χ4n) is 3.92. The first-order chi connectivity index (χ1) is 17.8. The second kappa shape index (κ2) is 13.0. The molecule has 3 aliphatic rings. The van der Waals surface area contributed by atoms with Crippen molar-refractivity contribution in [1.82, 2.24) is 0 Å². The first-order valence-corrected chi connectivity index (χ1v) is 12.8. The van der Waals surface area contributed by atoms with Crippen LogP contribution >= 0.6 is 7.82 Å². The van der Waals surface area contributed by atoms with Gasteiger partial charge in [0.15, 0.2) is 18.9 Å². The standard InChI is InChI=1S/C18H33O19P/c19-1-4-7(22)10(25)13(28)16(32-4)35-38(31,36-17-14(29)11(26)8(23)5(2-20)33-17)37-18-15(30)12(27)9(24)6(3-21)34-18/h4-30H,1-3H2/t4-,5-,6-,7-,8-,9-,10-,11-,12-,13-,14-,15-,16?,17?,18?,38?/m1/s1. The van der Waals surface area contributed by atoms with E-state index in [1.165, 1.54) is 0 Å². The van der Waals surface area contributed by atoms with E-state index >= 15 is 0 Å². The number of ether oxygens (including phenoxy) is 3. The Kier molecular flexibility index (Phi) is 11.0. The van der Waals surface area contributed by atoms with Gasteiger partial charge in [-0.25, -0.2) is 4.57 Å². The Balaban J connectivity index is 1.91. The molecule has 0 saturated carbocycles. The lowest BCUT2D eigenvalue weighted by molar-refractivity contribution is -0.311. The molecule has 38 heavy (non-hydrogen) atoms. The molecule has 12 N–H and O–H groups in total. The Labute approximate surface area is 214 Å². The summed E-state index contributed by atoms with van der Waals surface area (Å²) in [6.45, 7) is -2.76. The molecule has 0 aromatic carbocycles. The van der Waals surface area contributed by atoms with Crippen molar-refractivity contribution in [1.29, 1.82) is 0 Å². The fraction of sp³-hybridized carbons (Fsp3) is 1.00. The van der Waals surface area contributed by atoms with Crippen LogP contribution in [0.2, 0.25) is 0 Å². The second-order valence-corrected chi connectivity index (χ2v) is 10.4. The summed E-state index contributed by atoms with van der Waals surface area (Å²) in [6.07, 6.45) is -29.5. The molecule has 3 heterocycles. The molecule has 0 bridgehead atoms. The Morgan fingerprint density at radius 2 is 0.684 bits per heavy atom. The highest BCUT2D eigenvalue weighted by Crippen LogP contribution is 2.56. The minimum absolute atomic E-state index is 0.920. The number of hydrogen-bond donors (Lipinski definition) is 12. The molecular weight excluding hydrogens is 551 g/mol. The van der Waals surface area contributed by atoms with Crippen molar-refractivity contribution in [2.75, 3.05) is 19.8 Å². The quantitative estimate of drug-likeness (QED) is 0.112. The van der Waals surface area contributed by atoms with Crippen molar-refractivity contribution in [2.24, 2.45) is 0 Å². The van der Waals surface area contributed by atoms with Crippen LogP contribution in [0.3, 0.4) is 0 Å². The summed E-state index contributed by atoms with van der Waals surface area (Å²) < 4.78 is 44.2. The molecule has 3 fully saturated rings. The van der Waals surface area contributed by atoms with Crippen LogP contribution in [0.1, 0.15) is 0 Å². The minimum atomic E-state index is -5.46. The van der Waals surface area contributed by atoms with Crippen LogP contribution in [0.15, 0.2) is 0 Å². The first-order valence-electron chi connectivity index (χ1n) is 11.3. The average Bonchev–Trinajstić information content (AvgIpc) is 2.89. The van der Waals surface area contributed by atoms with E-state index in [2.05, 4.69) is 0 Å². The van der Waals surface area contributed by atoms with Crippen molar-refractivity contribution in [2.45, 2.75) is 92.1 Å². The summed E-state index contributed by atoms with van der Waals surface area (Å²) >= 11 is 0. The summed E-state index contributed by atoms with van der Waals surface area (Å²) in [6, 6.07) is 0. The predicted molar refractivity (Wildman–Crippen MR) is 112 cm³/mol. The third kappa shape index (κ3) is 6.52. The van der Waals surface area contributed by atoms with Gasteiger partial charge in [0.2, 0.25) is 0 Å². The third-order valence-electron chi connectivity index (χ3n) is 6.24. The largest absolute Gasteiger partial charge is 0.482 e. The van der Waals surface area contributed by atoms with Crippen molar-refractivity contribution in [3.63, 3.8) is 0 Å². The SMILES string of the molecule is O=P(OC1O[C@H](CO)[C@@H](O)[C@@H](O)[C@H]1O)(OC1O[C@H](CO)[C@@H](O)[C@@H](O)[C@H]1O)OC1O[C@H](CO)[C@@H](O)[C@@H](O)[C@H]1O. The molecular formula is C18H33O19P. The van der Waals surface area contributed by atoms with Gasteiger partial charge < -0.3 is 75.5 Å². The van der Waals surface area contributed by atoms with Crippen molar-refractivity contribution < 1.29 is 93.6 Å². The van der Waals surface area contributed by atoms with E-state index in [1.54, 1.807) is 0 Å². The number of phosphoric acid groups is 1. The summed E-state index contributed by atoms with van der Waals surface area (Å²) in [5, 5.41) is 119. The van der Waals surface area contributed by atoms with Gasteiger partial charge in [-0.3, -0.25) is 13.6 Å². The topological polar surface area (TPSA) is 315 Å². The smallest absolute Gasteiger partial charge is 0.394 e. The Hall–Kier alpha value is -0.490. The van der Waals surface area contributed by atoms with E-state index in [1.807, 2.05) is 0 Å². The molecule has 0 aromatic rings. The van der Waals surface area contributed by atoms with Gasteiger partial charge in [-0.2, -0.15) is 0 Å². The maximum atomic E-state index is 13.7. The third-order valence-corrected chi connectivity index (χ3v) is 7.64. The molecule has 0 aliphatic carbocycles. The lowest BCUT2D eigenvalue weighted by atomic mass is 9.99. The molecule has 0 amide bonds. The number of hydrogen-bond acceptors (Lipinski definition) is 19. The van der Waals surface area contributed by atoms with Crippen molar-refractivity contribution >= 4 is 7.82 Å². The van der Waals surface area contributed by atoms with Crippen molar-refractivity contribution in [3.8, 4) is 0 Å². The molecule has 3 unspecified atom stereocenters. The molecule has 3 aliphatic heterocycles. The van der Waals surface area contributed by atoms with Gasteiger partial charge in [-0.05, 0) is 0 Å². The van der Waals surface area contributed by atoms with Crippen LogP contribution in [0.5, 0.6) is 0 Å². The van der Waals surface area contributed by atoms with Gasteiger partial charge in [0, 0.05) is 0 Å². The number of phosphoric ester groups is 1. The Morgan fingerprint density at radius 3 is 0.895 bits per heavy atom. The Morgan fingerprint density at radius 1 is 0.447 bits per heavy atom. The van der Waals surface area contributed by atoms with Gasteiger partial charge in [-0.1, -0.05) is 0 Å². The van der Waals surface area contributed by atoms with Crippen LogP contribution in [-0.2, 0) is 32.3 Å². The van der Waals surface area contributed by atoms with Crippen LogP contribution < -0.4 is 0 Å². The number of aliphatic hydroxyl groups excluding tert-OH is 12. The number of rotatable bonds is 9. The van der Waals surface area contributed by atoms with E-state index in [0.29, 0.717) is 0 Å². The highest BCUT2D eigenvalue weighted by molar-refractivity contribution is 7.48. The van der Waals surface area contributed by atoms with E-state index < -0.39 is 120 Å². The maximum absolute atomic E-state index is 13.7. The summed E-state index contributed by atoms with van der Waals surface area (Å²) in [7, 11) is -5.46. The lowest BCUT2D eigenvalue weighted by Crippen LogP contribution is -2.60. The maximum Gasteiger partial charge on any atom is 0.482 e. The summed E-state index contributed by atoms with van der Waals surface area (Å²) in [5.41, 5.74) is 0. The molecule has 15 atom stereocenters. The first kappa shape index (κ1) is 32.0. The zero-order valence-corrected chi connectivity index (χ0v) is 20.3. The second-order valence-electron chi connectivity index (χ2n) is 8.86. The van der Waals surface area contributed by atoms with Gasteiger partial charge in [0.1, 0.15) is 73.2 Å². The zero-order valence-electron chi connectivity index (χ0n) is 19.5. The van der Waals surface area contributed by atoms with Crippen LogP contribution in [-0.4, -0.2) is 173 Å². The molecule has 0 radical (unpaired) electrons. The van der Waals surface area contributed by atoms with Crippen LogP contribution in [0.25, 0.3) is 0 Å². The summed E-state index contributed by atoms with van der Waals surface area (Å²) in [5.74, 6) is 0. The molecule has 224 valence electrons. The van der Waals surface area contributed by atoms with Crippen molar-refractivity contribution in [3.05, 3.63) is 0 Å². The Bertz CT molecular complexity index is 700. The lowest BCUT2D eigenvalue weighted by Gasteiger charge is -2.44. The highest BCUT2D eigenvalue weighted by Gasteiger charge is 2.54. The van der Waals surface area contributed by atoms with Crippen LogP contribution in [0.4, 0.5) is 0 Å². The normalized spacial score (nSPS) is 49.9. The molecule has 20 heteroatoms. The van der Waals surface area contributed by atoms with Gasteiger partial charge >= 0.3 is 7.82 Å². The monoisotopic (exact) mass is 584 g/mol. The van der Waals surface area contributed by atoms with Crippen LogP contribution in [0, 0.1) is 0 Å². The van der Waals surface area contributed by atoms with Gasteiger partial charge in [0.05, 0.1) is 19.8 Å². The fourth-order valence-corrected chi connectivity index (χ4v) is 5.36. The molecule has 19 nitrogen and oxygen atoms in total. The molecule has 0 aromatic heterocycles. The van der Waals surface area contributed by atoms with E-state index in [9.17, 15) is 65.8 Å². The van der Waals surface area contributed by atoms with Gasteiger partial charge in [0.25, 0.3) is 0 Å². The number of aliphatic hydroxyl groups is 12. The van der Waals surface area contributed by atoms with E-state index in [-0.39, 0.29) is 0 Å². The van der Waals surface area contributed by atoms with E-state index in [0.717, 1.165) is 0 Å². The minimum Gasteiger partial charge on any atom is -0.394 e.